The molecule has 130 valence electrons. The molecule has 0 atom stereocenters. The number of nitrogens with zero attached hydrogens (tertiary/aromatic N) is 3. The maximum Gasteiger partial charge on any atom is 0.159 e. The summed E-state index contributed by atoms with van der Waals surface area (Å²) in [6, 6.07) is 19.5. The van der Waals surface area contributed by atoms with Gasteiger partial charge in [0.2, 0.25) is 0 Å². The van der Waals surface area contributed by atoms with E-state index >= 15 is 0 Å². The van der Waals surface area contributed by atoms with Gasteiger partial charge in [0.05, 0.1) is 6.20 Å². The molecule has 6 heteroatoms. The first-order valence-corrected chi connectivity index (χ1v) is 8.35. The molecule has 0 unspecified atom stereocenters. The Kier molecular flexibility index (Phi) is 4.15. The molecule has 0 radical (unpaired) electrons. The molecule has 3 N–H and O–H groups in total. The van der Waals surface area contributed by atoms with Crippen LogP contribution in [0.3, 0.4) is 0 Å². The van der Waals surface area contributed by atoms with Crippen LogP contribution in [0, 0.1) is 6.92 Å². The Labute approximate surface area is 151 Å². The number of nitrogens with two attached hydrogens (primary N) is 1. The Morgan fingerprint density at radius 2 is 1.88 bits per heavy atom. The molecule has 0 aliphatic heterocycles. The lowest BCUT2D eigenvalue weighted by Gasteiger charge is -2.13. The molecular formula is C20H19N5O. The quantitative estimate of drug-likeness (QED) is 0.571. The maximum absolute atomic E-state index is 6.05. The van der Waals surface area contributed by atoms with Crippen molar-refractivity contribution in [1.29, 1.82) is 0 Å². The standard InChI is InChI=1S/C20H19N5O/c1-14-6-8-16(9-7-14)26-17-5-3-2-4-15(17)13-22-20-12-18(21)24-19-10-11-23-25(19)20/h2-12,22H,13H2,1H3,(H2,21,24). The van der Waals surface area contributed by atoms with E-state index in [1.807, 2.05) is 54.6 Å². The van der Waals surface area contributed by atoms with E-state index in [4.69, 9.17) is 10.5 Å². The van der Waals surface area contributed by atoms with Gasteiger partial charge in [-0.25, -0.2) is 4.98 Å². The van der Waals surface area contributed by atoms with E-state index in [1.54, 1.807) is 16.8 Å². The van der Waals surface area contributed by atoms with Crippen LogP contribution in [-0.2, 0) is 6.54 Å². The summed E-state index contributed by atoms with van der Waals surface area (Å²) in [5.41, 5.74) is 8.82. The number of ether oxygens (including phenoxy) is 1. The van der Waals surface area contributed by atoms with Crippen LogP contribution in [0.15, 0.2) is 66.9 Å². The van der Waals surface area contributed by atoms with Crippen LogP contribution >= 0.6 is 0 Å². The second-order valence-corrected chi connectivity index (χ2v) is 6.04. The predicted molar refractivity (Wildman–Crippen MR) is 102 cm³/mol. The van der Waals surface area contributed by atoms with E-state index < -0.39 is 0 Å². The van der Waals surface area contributed by atoms with Gasteiger partial charge in [-0.2, -0.15) is 9.61 Å². The monoisotopic (exact) mass is 345 g/mol. The van der Waals surface area contributed by atoms with Gasteiger partial charge in [0.25, 0.3) is 0 Å². The zero-order chi connectivity index (χ0) is 17.9. The van der Waals surface area contributed by atoms with Gasteiger partial charge < -0.3 is 15.8 Å². The number of hydrogen-bond acceptors (Lipinski definition) is 5. The zero-order valence-corrected chi connectivity index (χ0v) is 14.4. The molecule has 2 aromatic heterocycles. The molecule has 0 saturated carbocycles. The topological polar surface area (TPSA) is 77.5 Å². The van der Waals surface area contributed by atoms with Crippen LogP contribution < -0.4 is 15.8 Å². The Hall–Kier alpha value is -3.54. The summed E-state index contributed by atoms with van der Waals surface area (Å²) in [6.07, 6.45) is 1.70. The molecule has 2 aromatic carbocycles. The molecule has 0 amide bonds. The largest absolute Gasteiger partial charge is 0.457 e. The summed E-state index contributed by atoms with van der Waals surface area (Å²) in [7, 11) is 0. The highest BCUT2D eigenvalue weighted by molar-refractivity contribution is 5.55. The number of aromatic nitrogens is 3. The molecular weight excluding hydrogens is 326 g/mol. The molecule has 2 heterocycles. The summed E-state index contributed by atoms with van der Waals surface area (Å²) in [5.74, 6) is 2.85. The van der Waals surface area contributed by atoms with Crippen molar-refractivity contribution in [2.45, 2.75) is 13.5 Å². The van der Waals surface area contributed by atoms with Gasteiger partial charge in [0.15, 0.2) is 5.65 Å². The minimum Gasteiger partial charge on any atom is -0.457 e. The second-order valence-electron chi connectivity index (χ2n) is 6.04. The van der Waals surface area contributed by atoms with Gasteiger partial charge in [-0.05, 0) is 25.1 Å². The van der Waals surface area contributed by atoms with Crippen LogP contribution in [0.25, 0.3) is 5.65 Å². The molecule has 26 heavy (non-hydrogen) atoms. The number of anilines is 2. The first kappa shape index (κ1) is 16.0. The third kappa shape index (κ3) is 3.30. The van der Waals surface area contributed by atoms with Crippen molar-refractivity contribution >= 4 is 17.3 Å². The smallest absolute Gasteiger partial charge is 0.159 e. The van der Waals surface area contributed by atoms with E-state index in [2.05, 4.69) is 22.3 Å². The van der Waals surface area contributed by atoms with Crippen molar-refractivity contribution in [2.75, 3.05) is 11.1 Å². The lowest BCUT2D eigenvalue weighted by molar-refractivity contribution is 0.477. The van der Waals surface area contributed by atoms with Gasteiger partial charge in [0.1, 0.15) is 23.1 Å². The first-order valence-electron chi connectivity index (χ1n) is 8.35. The Bertz CT molecular complexity index is 1040. The fourth-order valence-electron chi connectivity index (χ4n) is 2.73. The molecule has 0 fully saturated rings. The molecule has 0 bridgehead atoms. The van der Waals surface area contributed by atoms with Gasteiger partial charge >= 0.3 is 0 Å². The molecule has 0 spiro atoms. The van der Waals surface area contributed by atoms with Gasteiger partial charge in [0, 0.05) is 24.2 Å². The molecule has 6 nitrogen and oxygen atoms in total. The number of benzene rings is 2. The summed E-state index contributed by atoms with van der Waals surface area (Å²) in [4.78, 5) is 4.25. The van der Waals surface area contributed by atoms with Gasteiger partial charge in [-0.3, -0.25) is 0 Å². The van der Waals surface area contributed by atoms with Gasteiger partial charge in [-0.15, -0.1) is 0 Å². The maximum atomic E-state index is 6.05. The summed E-state index contributed by atoms with van der Waals surface area (Å²) >= 11 is 0. The van der Waals surface area contributed by atoms with Crippen LogP contribution in [0.5, 0.6) is 11.5 Å². The van der Waals surface area contributed by atoms with Crippen LogP contribution in [0.2, 0.25) is 0 Å². The van der Waals surface area contributed by atoms with Crippen LogP contribution in [0.4, 0.5) is 11.6 Å². The first-order chi connectivity index (χ1) is 12.7. The van der Waals surface area contributed by atoms with E-state index in [-0.39, 0.29) is 0 Å². The number of nitrogens with one attached hydrogen (secondary N) is 1. The van der Waals surface area contributed by atoms with Crippen molar-refractivity contribution in [1.82, 2.24) is 14.6 Å². The van der Waals surface area contributed by atoms with E-state index in [9.17, 15) is 0 Å². The van der Waals surface area contributed by atoms with E-state index in [0.717, 1.165) is 22.9 Å². The lowest BCUT2D eigenvalue weighted by Crippen LogP contribution is -2.08. The molecule has 0 saturated heterocycles. The number of rotatable bonds is 5. The van der Waals surface area contributed by atoms with Crippen LogP contribution in [0.1, 0.15) is 11.1 Å². The van der Waals surface area contributed by atoms with Crippen molar-refractivity contribution in [3.05, 3.63) is 78.0 Å². The number of hydrogen-bond donors (Lipinski definition) is 2. The average molecular weight is 345 g/mol. The van der Waals surface area contributed by atoms with Crippen molar-refractivity contribution in [2.24, 2.45) is 0 Å². The Balaban J connectivity index is 1.56. The van der Waals surface area contributed by atoms with E-state index in [1.165, 1.54) is 5.56 Å². The minimum atomic E-state index is 0.449. The molecule has 0 aliphatic rings. The Morgan fingerprint density at radius 1 is 1.08 bits per heavy atom. The normalized spacial score (nSPS) is 10.8. The van der Waals surface area contributed by atoms with Crippen molar-refractivity contribution in [3.8, 4) is 11.5 Å². The predicted octanol–water partition coefficient (Wildman–Crippen LogP) is 4.02. The number of fused-ring (bicyclic) bond motifs is 1. The molecule has 4 aromatic rings. The number of nitrogen functional groups attached to an aromatic ring is 1. The fraction of sp³-hybridized carbons (Fsp3) is 0.100. The van der Waals surface area contributed by atoms with Crippen molar-refractivity contribution < 1.29 is 4.74 Å². The summed E-state index contributed by atoms with van der Waals surface area (Å²) in [6.45, 7) is 2.62. The Morgan fingerprint density at radius 3 is 2.73 bits per heavy atom. The highest BCUT2D eigenvalue weighted by Crippen LogP contribution is 2.26. The minimum absolute atomic E-state index is 0.449. The van der Waals surface area contributed by atoms with E-state index in [0.29, 0.717) is 18.0 Å². The highest BCUT2D eigenvalue weighted by Gasteiger charge is 2.08. The average Bonchev–Trinajstić information content (AvgIpc) is 3.11. The number of para-hydroxylation sites is 1. The number of aryl methyl sites for hydroxylation is 1. The third-order valence-electron chi connectivity index (χ3n) is 4.06. The summed E-state index contributed by atoms with van der Waals surface area (Å²) in [5, 5.41) is 7.64. The lowest BCUT2D eigenvalue weighted by atomic mass is 10.2. The van der Waals surface area contributed by atoms with Crippen LogP contribution in [-0.4, -0.2) is 14.6 Å². The summed E-state index contributed by atoms with van der Waals surface area (Å²) < 4.78 is 7.77. The highest BCUT2D eigenvalue weighted by atomic mass is 16.5. The molecule has 0 aliphatic carbocycles. The third-order valence-corrected chi connectivity index (χ3v) is 4.06. The molecule has 4 rings (SSSR count). The SMILES string of the molecule is Cc1ccc(Oc2ccccc2CNc2cc(N)nc3ccnn23)cc1. The van der Waals surface area contributed by atoms with Crippen molar-refractivity contribution in [3.63, 3.8) is 0 Å². The zero-order valence-electron chi connectivity index (χ0n) is 14.4. The fourth-order valence-corrected chi connectivity index (χ4v) is 2.73. The second kappa shape index (κ2) is 6.76. The van der Waals surface area contributed by atoms with Gasteiger partial charge in [-0.1, -0.05) is 35.9 Å².